The average molecular weight is 359 g/mol. The Bertz CT molecular complexity index is 952. The standard InChI is InChI=1S/C17H11ClN2O5/c18-11-7-9(5-6-13(11)21)19-17-15(23)8-14(22)16(17)10-3-1-2-4-12(10)20(24)25/h1-7,19,21H,8H2. The molecule has 0 aromatic heterocycles. The lowest BCUT2D eigenvalue weighted by molar-refractivity contribution is -0.385. The Kier molecular flexibility index (Phi) is 4.24. The van der Waals surface area contributed by atoms with Crippen molar-refractivity contribution in [3.8, 4) is 5.75 Å². The zero-order chi connectivity index (χ0) is 18.1. The number of phenols is 1. The minimum Gasteiger partial charge on any atom is -0.506 e. The van der Waals surface area contributed by atoms with Crippen LogP contribution in [0.4, 0.5) is 11.4 Å². The van der Waals surface area contributed by atoms with Crippen LogP contribution in [0.25, 0.3) is 5.57 Å². The topological polar surface area (TPSA) is 110 Å². The summed E-state index contributed by atoms with van der Waals surface area (Å²) in [5.74, 6) is -1.09. The van der Waals surface area contributed by atoms with Gasteiger partial charge in [0.05, 0.1) is 33.2 Å². The van der Waals surface area contributed by atoms with E-state index < -0.39 is 16.5 Å². The molecule has 7 nitrogen and oxygen atoms in total. The Morgan fingerprint density at radius 3 is 2.52 bits per heavy atom. The largest absolute Gasteiger partial charge is 0.506 e. The first kappa shape index (κ1) is 16.7. The summed E-state index contributed by atoms with van der Waals surface area (Å²) >= 11 is 5.84. The average Bonchev–Trinajstić information content (AvgIpc) is 2.84. The number of hydrogen-bond donors (Lipinski definition) is 2. The molecule has 25 heavy (non-hydrogen) atoms. The summed E-state index contributed by atoms with van der Waals surface area (Å²) in [5.41, 5.74) is 0.138. The molecule has 0 saturated heterocycles. The summed E-state index contributed by atoms with van der Waals surface area (Å²) in [7, 11) is 0. The van der Waals surface area contributed by atoms with Crippen molar-refractivity contribution in [2.24, 2.45) is 0 Å². The van der Waals surface area contributed by atoms with Crippen molar-refractivity contribution in [2.45, 2.75) is 6.42 Å². The van der Waals surface area contributed by atoms with Crippen molar-refractivity contribution in [3.63, 3.8) is 0 Å². The van der Waals surface area contributed by atoms with Gasteiger partial charge in [-0.1, -0.05) is 23.7 Å². The number of halogens is 1. The maximum Gasteiger partial charge on any atom is 0.277 e. The van der Waals surface area contributed by atoms with E-state index in [0.717, 1.165) is 0 Å². The molecule has 0 aliphatic heterocycles. The maximum absolute atomic E-state index is 12.3. The molecule has 8 heteroatoms. The molecule has 126 valence electrons. The number of anilines is 1. The summed E-state index contributed by atoms with van der Waals surface area (Å²) in [6.07, 6.45) is -0.366. The first-order valence-electron chi connectivity index (χ1n) is 7.18. The first-order valence-corrected chi connectivity index (χ1v) is 7.56. The number of nitrogens with zero attached hydrogens (tertiary/aromatic N) is 1. The smallest absolute Gasteiger partial charge is 0.277 e. The molecular formula is C17H11ClN2O5. The third-order valence-corrected chi connectivity index (χ3v) is 4.02. The van der Waals surface area contributed by atoms with Crippen molar-refractivity contribution in [1.82, 2.24) is 0 Å². The molecule has 0 heterocycles. The molecule has 0 atom stereocenters. The number of para-hydroxylation sites is 1. The molecule has 2 aromatic carbocycles. The SMILES string of the molecule is O=C1CC(=O)C(c2ccccc2[N+](=O)[O-])=C1Nc1ccc(O)c(Cl)c1. The number of ketones is 2. The van der Waals surface area contributed by atoms with Gasteiger partial charge >= 0.3 is 0 Å². The Morgan fingerprint density at radius 2 is 1.84 bits per heavy atom. The molecule has 0 bridgehead atoms. The number of carbonyl (C=O) groups is 2. The van der Waals surface area contributed by atoms with E-state index in [0.29, 0.717) is 5.69 Å². The number of hydrogen-bond acceptors (Lipinski definition) is 6. The number of Topliss-reactive ketones (excluding diaryl/α,β-unsaturated/α-hetero) is 2. The van der Waals surface area contributed by atoms with Crippen molar-refractivity contribution < 1.29 is 19.6 Å². The van der Waals surface area contributed by atoms with E-state index in [2.05, 4.69) is 5.32 Å². The highest BCUT2D eigenvalue weighted by Gasteiger charge is 2.35. The molecule has 2 N–H and O–H groups in total. The Hall–Kier alpha value is -3.19. The second kappa shape index (κ2) is 6.37. The van der Waals surface area contributed by atoms with Crippen LogP contribution in [0.15, 0.2) is 48.2 Å². The highest BCUT2D eigenvalue weighted by molar-refractivity contribution is 6.39. The molecular weight excluding hydrogens is 348 g/mol. The predicted molar refractivity (Wildman–Crippen MR) is 91.4 cm³/mol. The Balaban J connectivity index is 2.13. The number of carbonyl (C=O) groups excluding carboxylic acids is 2. The third-order valence-electron chi connectivity index (χ3n) is 3.72. The van der Waals surface area contributed by atoms with Crippen LogP contribution in [-0.4, -0.2) is 21.6 Å². The van der Waals surface area contributed by atoms with Gasteiger partial charge in [0.15, 0.2) is 11.6 Å². The number of nitro benzene ring substituents is 1. The van der Waals surface area contributed by atoms with E-state index in [-0.39, 0.29) is 39.7 Å². The van der Waals surface area contributed by atoms with Gasteiger partial charge in [-0.3, -0.25) is 19.7 Å². The molecule has 2 aromatic rings. The third kappa shape index (κ3) is 3.09. The normalized spacial score (nSPS) is 14.1. The van der Waals surface area contributed by atoms with Gasteiger partial charge < -0.3 is 10.4 Å². The Labute approximate surface area is 146 Å². The highest BCUT2D eigenvalue weighted by atomic mass is 35.5. The minimum absolute atomic E-state index is 0.0264. The van der Waals surface area contributed by atoms with Gasteiger partial charge in [0.2, 0.25) is 0 Å². The van der Waals surface area contributed by atoms with Crippen molar-refractivity contribution in [1.29, 1.82) is 0 Å². The highest BCUT2D eigenvalue weighted by Crippen LogP contribution is 2.35. The number of allylic oxidation sites excluding steroid dienone is 2. The fourth-order valence-electron chi connectivity index (χ4n) is 2.59. The molecule has 0 unspecified atom stereocenters. The number of rotatable bonds is 4. The summed E-state index contributed by atoms with van der Waals surface area (Å²) < 4.78 is 0. The van der Waals surface area contributed by atoms with Crippen LogP contribution in [-0.2, 0) is 9.59 Å². The zero-order valence-electron chi connectivity index (χ0n) is 12.7. The van der Waals surface area contributed by atoms with E-state index in [1.807, 2.05) is 0 Å². The van der Waals surface area contributed by atoms with Crippen LogP contribution in [0, 0.1) is 10.1 Å². The van der Waals surface area contributed by atoms with Crippen molar-refractivity contribution in [3.05, 3.63) is 68.9 Å². The molecule has 0 fully saturated rings. The lowest BCUT2D eigenvalue weighted by Crippen LogP contribution is -2.08. The van der Waals surface area contributed by atoms with E-state index in [1.165, 1.54) is 36.4 Å². The summed E-state index contributed by atoms with van der Waals surface area (Å²) in [6, 6.07) is 9.93. The van der Waals surface area contributed by atoms with Gasteiger partial charge in [-0.05, 0) is 24.3 Å². The minimum atomic E-state index is -0.604. The van der Waals surface area contributed by atoms with E-state index >= 15 is 0 Å². The van der Waals surface area contributed by atoms with Gasteiger partial charge in [-0.25, -0.2) is 0 Å². The zero-order valence-corrected chi connectivity index (χ0v) is 13.4. The van der Waals surface area contributed by atoms with Crippen molar-refractivity contribution in [2.75, 3.05) is 5.32 Å². The lowest BCUT2D eigenvalue weighted by atomic mass is 10.0. The second-order valence-electron chi connectivity index (χ2n) is 5.34. The van der Waals surface area contributed by atoms with Crippen LogP contribution in [0.1, 0.15) is 12.0 Å². The monoisotopic (exact) mass is 358 g/mol. The molecule has 3 rings (SSSR count). The van der Waals surface area contributed by atoms with Gasteiger partial charge in [-0.2, -0.15) is 0 Å². The quantitative estimate of drug-likeness (QED) is 0.375. The number of nitro groups is 1. The number of benzene rings is 2. The van der Waals surface area contributed by atoms with Crippen molar-refractivity contribution >= 4 is 40.1 Å². The maximum atomic E-state index is 12.3. The van der Waals surface area contributed by atoms with Gasteiger partial charge in [-0.15, -0.1) is 0 Å². The van der Waals surface area contributed by atoms with Crippen LogP contribution in [0.2, 0.25) is 5.02 Å². The van der Waals surface area contributed by atoms with Gasteiger partial charge in [0.1, 0.15) is 5.75 Å². The fraction of sp³-hybridized carbons (Fsp3) is 0.0588. The molecule has 0 saturated carbocycles. The van der Waals surface area contributed by atoms with Crippen LogP contribution < -0.4 is 5.32 Å². The van der Waals surface area contributed by atoms with Gasteiger partial charge in [0.25, 0.3) is 5.69 Å². The molecule has 0 radical (unpaired) electrons. The Morgan fingerprint density at radius 1 is 1.12 bits per heavy atom. The molecule has 0 spiro atoms. The number of nitrogens with one attached hydrogen (secondary N) is 1. The number of aromatic hydroxyl groups is 1. The van der Waals surface area contributed by atoms with Crippen LogP contribution in [0.5, 0.6) is 5.75 Å². The van der Waals surface area contributed by atoms with E-state index in [1.54, 1.807) is 6.07 Å². The molecule has 1 aliphatic rings. The molecule has 1 aliphatic carbocycles. The van der Waals surface area contributed by atoms with Gasteiger partial charge in [0, 0.05) is 11.8 Å². The fourth-order valence-corrected chi connectivity index (χ4v) is 2.77. The predicted octanol–water partition coefficient (Wildman–Crippen LogP) is 3.32. The van der Waals surface area contributed by atoms with Crippen LogP contribution >= 0.6 is 11.6 Å². The van der Waals surface area contributed by atoms with Crippen LogP contribution in [0.3, 0.4) is 0 Å². The lowest BCUT2D eigenvalue weighted by Gasteiger charge is -2.10. The summed E-state index contributed by atoms with van der Waals surface area (Å²) in [5, 5.41) is 23.6. The first-order chi connectivity index (χ1) is 11.9. The summed E-state index contributed by atoms with van der Waals surface area (Å²) in [6.45, 7) is 0. The number of phenolic OH excluding ortho intramolecular Hbond substituents is 1. The van der Waals surface area contributed by atoms with E-state index in [9.17, 15) is 24.8 Å². The van der Waals surface area contributed by atoms with E-state index in [4.69, 9.17) is 11.6 Å². The summed E-state index contributed by atoms with van der Waals surface area (Å²) in [4.78, 5) is 35.1. The molecule has 0 amide bonds. The second-order valence-corrected chi connectivity index (χ2v) is 5.75.